The average molecular weight is 1100 g/mol. The number of rotatable bonds is 50. The van der Waals surface area contributed by atoms with Crippen LogP contribution >= 0.6 is 64.8 Å². The second-order valence-corrected chi connectivity index (χ2v) is 26.9. The molecule has 2 rings (SSSR count). The molecular formula is C47H81N3O14S6. The maximum atomic E-state index is 12.5. The summed E-state index contributed by atoms with van der Waals surface area (Å²) in [5.74, 6) is -4.23. The van der Waals surface area contributed by atoms with E-state index < -0.39 is 29.9 Å². The highest BCUT2D eigenvalue weighted by molar-refractivity contribution is 9.14. The lowest BCUT2D eigenvalue weighted by molar-refractivity contribution is -0.144. The number of ether oxygens (including phenoxy) is 4. The summed E-state index contributed by atoms with van der Waals surface area (Å²) in [5, 5.41) is 36.6. The van der Waals surface area contributed by atoms with E-state index >= 15 is 0 Å². The van der Waals surface area contributed by atoms with Gasteiger partial charge in [0, 0.05) is 51.8 Å². The number of carbonyl (C=O) groups excluding carboxylic acids is 4. The Morgan fingerprint density at radius 3 is 1.53 bits per heavy atom. The zero-order chi connectivity index (χ0) is 50.9. The van der Waals surface area contributed by atoms with Crippen molar-refractivity contribution in [2.75, 3.05) is 65.9 Å². The van der Waals surface area contributed by atoms with Crippen LogP contribution in [-0.2, 0) is 52.5 Å². The topological polar surface area (TPSA) is 253 Å². The van der Waals surface area contributed by atoms with Gasteiger partial charge in [-0.15, -0.1) is 0 Å². The second kappa shape index (κ2) is 42.9. The van der Waals surface area contributed by atoms with E-state index in [4.69, 9.17) is 24.1 Å². The van der Waals surface area contributed by atoms with E-state index in [0.29, 0.717) is 45.3 Å². The van der Waals surface area contributed by atoms with Crippen LogP contribution in [0, 0.1) is 5.92 Å². The lowest BCUT2D eigenvalue weighted by atomic mass is 9.94. The third kappa shape index (κ3) is 37.3. The van der Waals surface area contributed by atoms with Crippen LogP contribution in [0.3, 0.4) is 0 Å². The average Bonchev–Trinajstić information content (AvgIpc) is 4.09. The zero-order valence-electron chi connectivity index (χ0n) is 41.0. The van der Waals surface area contributed by atoms with Gasteiger partial charge in [-0.05, 0) is 88.1 Å². The Hall–Kier alpha value is -1.41. The van der Waals surface area contributed by atoms with Crippen LogP contribution in [0.15, 0.2) is 0 Å². The molecule has 2 aliphatic heterocycles. The predicted octanol–water partition coefficient (Wildman–Crippen LogP) is 9.46. The van der Waals surface area contributed by atoms with Gasteiger partial charge in [0.25, 0.3) is 0 Å². The Labute approximate surface area is 439 Å². The first kappa shape index (κ1) is 64.7. The number of carboxylic acids is 3. The van der Waals surface area contributed by atoms with Crippen molar-refractivity contribution in [2.24, 2.45) is 5.92 Å². The highest BCUT2D eigenvalue weighted by Gasteiger charge is 2.52. The number of hydrogen-bond donors (Lipinski definition) is 6. The molecule has 2 amide bonds. The molecule has 2 aliphatic rings. The number of Topliss-reactive ketones (excluding diaryl/α,β-unsaturated/α-hetero) is 2. The minimum atomic E-state index is -1.07. The van der Waals surface area contributed by atoms with Gasteiger partial charge in [0.15, 0.2) is 8.53 Å². The Morgan fingerprint density at radius 2 is 0.971 bits per heavy atom. The van der Waals surface area contributed by atoms with Gasteiger partial charge in [-0.2, -0.15) is 0 Å². The molecule has 2 saturated heterocycles. The number of ketones is 2. The normalized spacial score (nSPS) is 15.1. The van der Waals surface area contributed by atoms with E-state index in [9.17, 15) is 43.8 Å². The summed E-state index contributed by atoms with van der Waals surface area (Å²) in [5.41, 5.74) is 0. The number of carbonyl (C=O) groups is 7. The summed E-state index contributed by atoms with van der Waals surface area (Å²) in [6.45, 7) is 2.06. The Morgan fingerprint density at radius 1 is 0.457 bits per heavy atom. The third-order valence-corrected chi connectivity index (χ3v) is 24.6. The smallest absolute Gasteiger partial charge is 0.320 e. The van der Waals surface area contributed by atoms with E-state index in [1.165, 1.54) is 57.8 Å². The van der Waals surface area contributed by atoms with Crippen LogP contribution in [-0.4, -0.2) is 136 Å². The maximum absolute atomic E-state index is 12.5. The first-order chi connectivity index (χ1) is 33.9. The lowest BCUT2D eigenvalue weighted by Crippen LogP contribution is -2.41. The van der Waals surface area contributed by atoms with Crippen molar-refractivity contribution >= 4 is 106 Å². The van der Waals surface area contributed by atoms with Gasteiger partial charge >= 0.3 is 17.9 Å². The molecule has 2 fully saturated rings. The van der Waals surface area contributed by atoms with Crippen LogP contribution in [0.2, 0.25) is 0 Å². The highest BCUT2D eigenvalue weighted by Crippen LogP contribution is 2.84. The van der Waals surface area contributed by atoms with Crippen molar-refractivity contribution in [1.29, 1.82) is 0 Å². The quantitative estimate of drug-likeness (QED) is 0.0188. The fourth-order valence-electron chi connectivity index (χ4n) is 7.23. The van der Waals surface area contributed by atoms with E-state index in [0.717, 1.165) is 44.9 Å². The number of aliphatic carboxylic acids is 3. The monoisotopic (exact) mass is 1100 g/mol. The van der Waals surface area contributed by atoms with Crippen molar-refractivity contribution in [3.8, 4) is 0 Å². The predicted molar refractivity (Wildman–Crippen MR) is 285 cm³/mol. The molecule has 0 unspecified atom stereocenters. The summed E-state index contributed by atoms with van der Waals surface area (Å²) in [6, 6.07) is -0.636. The van der Waals surface area contributed by atoms with Crippen LogP contribution in [0.4, 0.5) is 0 Å². The van der Waals surface area contributed by atoms with E-state index in [2.05, 4.69) is 16.0 Å². The minimum absolute atomic E-state index is 0.00262. The molecule has 17 nitrogen and oxygen atoms in total. The third-order valence-electron chi connectivity index (χ3n) is 11.3. The zero-order valence-corrected chi connectivity index (χ0v) is 45.9. The molecule has 0 radical (unpaired) electrons. The highest BCUT2D eigenvalue weighted by atomic mass is 33.2. The molecular weight excluding hydrogens is 1020 g/mol. The first-order valence-corrected chi connectivity index (χ1v) is 31.8. The molecule has 70 heavy (non-hydrogen) atoms. The van der Waals surface area contributed by atoms with Crippen LogP contribution in [0.5, 0.6) is 0 Å². The molecule has 0 saturated carbocycles. The minimum Gasteiger partial charge on any atom is -0.481 e. The van der Waals surface area contributed by atoms with E-state index in [-0.39, 0.29) is 116 Å². The standard InChI is InChI=1S/C47H81N3O14S6/c51-38(20-15-13-11-9-7-5-3-1-2-4-6-8-10-12-14-16-23-43(55)56)34-37(44(57)58)24-25-41(53)49-27-29-62-31-32-63-35-39(52)21-19-28-61-30-33-64-36-42(54)48-26-18-17-22-40(45(59)60)50-46-65-67-47(68-66-46)69-70-47/h37,40,46,50H,1-36H2,(H,48,54)(H,49,53)(H,55,56)(H,57,58)(H,59,60)/t37-,40+/m1/s1. The van der Waals surface area contributed by atoms with Crippen molar-refractivity contribution in [3.05, 3.63) is 0 Å². The molecule has 2 atom stereocenters. The first-order valence-electron chi connectivity index (χ1n) is 25.3. The number of nitrogens with one attached hydrogen (secondary N) is 3. The molecule has 0 aromatic carbocycles. The number of unbranched alkanes of at least 4 members (excludes halogenated alkanes) is 16. The molecule has 1 spiro atoms. The van der Waals surface area contributed by atoms with Crippen molar-refractivity contribution in [2.45, 2.75) is 180 Å². The second-order valence-electron chi connectivity index (χ2n) is 17.5. The molecule has 2 heterocycles. The van der Waals surface area contributed by atoms with Crippen LogP contribution in [0.1, 0.15) is 167 Å². The summed E-state index contributed by atoms with van der Waals surface area (Å²) >= 11 is 0. The van der Waals surface area contributed by atoms with E-state index in [1.807, 2.05) is 21.6 Å². The van der Waals surface area contributed by atoms with Crippen LogP contribution < -0.4 is 16.0 Å². The van der Waals surface area contributed by atoms with Gasteiger partial charge in [0.05, 0.1) is 39.0 Å². The van der Waals surface area contributed by atoms with Gasteiger partial charge in [-0.1, -0.05) is 111 Å². The van der Waals surface area contributed by atoms with Gasteiger partial charge < -0.3 is 44.9 Å². The molecule has 23 heteroatoms. The largest absolute Gasteiger partial charge is 0.481 e. The fourth-order valence-corrected chi connectivity index (χ4v) is 20.2. The van der Waals surface area contributed by atoms with Crippen molar-refractivity contribution < 1.29 is 67.8 Å². The van der Waals surface area contributed by atoms with Crippen molar-refractivity contribution in [3.63, 3.8) is 0 Å². The molecule has 0 aliphatic carbocycles. The number of carboxylic acid groups (broad SMARTS) is 3. The Balaban J connectivity index is 1.30. The van der Waals surface area contributed by atoms with E-state index in [1.54, 1.807) is 43.2 Å². The van der Waals surface area contributed by atoms with Crippen molar-refractivity contribution in [1.82, 2.24) is 16.0 Å². The van der Waals surface area contributed by atoms with Gasteiger partial charge in [-0.3, -0.25) is 38.9 Å². The molecule has 0 aromatic heterocycles. The molecule has 404 valence electrons. The molecule has 6 N–H and O–H groups in total. The number of amides is 2. The molecule has 0 aromatic rings. The SMILES string of the molecule is O=C(O)CCCCCCCCCCCCCCCCCCC(=O)C[C@@H](CCC(=O)NCCOCCOCC(=O)CCCOCCOCC(=O)NCCCC[C@H](NC1SSC2(SS1)SS2)C(=O)O)C(=O)O. The Bertz CT molecular complexity index is 1480. The lowest BCUT2D eigenvalue weighted by Gasteiger charge is -2.27. The summed E-state index contributed by atoms with van der Waals surface area (Å²) in [4.78, 5) is 82.9. The summed E-state index contributed by atoms with van der Waals surface area (Å²) in [6.07, 6.45) is 21.3. The van der Waals surface area contributed by atoms with Gasteiger partial charge in [-0.25, -0.2) is 0 Å². The summed E-state index contributed by atoms with van der Waals surface area (Å²) < 4.78 is 21.8. The molecule has 0 bridgehead atoms. The maximum Gasteiger partial charge on any atom is 0.320 e. The van der Waals surface area contributed by atoms with Crippen LogP contribution in [0.25, 0.3) is 0 Å². The van der Waals surface area contributed by atoms with Gasteiger partial charge in [0.1, 0.15) is 29.7 Å². The fraction of sp³-hybridized carbons (Fsp3) is 0.851. The number of hydrogen-bond acceptors (Lipinski definition) is 18. The Kier molecular flexibility index (Phi) is 39.6. The van der Waals surface area contributed by atoms with Gasteiger partial charge in [0.2, 0.25) is 11.8 Å². The summed E-state index contributed by atoms with van der Waals surface area (Å²) in [7, 11) is 10.5.